The van der Waals surface area contributed by atoms with Gasteiger partial charge in [0.1, 0.15) is 11.8 Å². The summed E-state index contributed by atoms with van der Waals surface area (Å²) in [5, 5.41) is 6.21. The molecular formula is C23H33N5O3. The zero-order valence-electron chi connectivity index (χ0n) is 18.8. The second-order valence-electron chi connectivity index (χ2n) is 8.05. The molecule has 8 heteroatoms. The lowest BCUT2D eigenvalue weighted by Crippen LogP contribution is -2.42. The fourth-order valence-electron chi connectivity index (χ4n) is 4.16. The summed E-state index contributed by atoms with van der Waals surface area (Å²) in [6.07, 6.45) is 1.13. The molecule has 0 spiro atoms. The molecule has 1 fully saturated rings. The zero-order valence-corrected chi connectivity index (χ0v) is 18.8. The monoisotopic (exact) mass is 427 g/mol. The van der Waals surface area contributed by atoms with Gasteiger partial charge in [-0.1, -0.05) is 18.2 Å². The van der Waals surface area contributed by atoms with Crippen LogP contribution in [0.2, 0.25) is 0 Å². The number of nitrogens with zero attached hydrogens (tertiary/aromatic N) is 5. The van der Waals surface area contributed by atoms with Gasteiger partial charge in [0, 0.05) is 45.7 Å². The van der Waals surface area contributed by atoms with Gasteiger partial charge in [0.05, 0.1) is 12.2 Å². The average Bonchev–Trinajstić information content (AvgIpc) is 3.10. The number of anilines is 1. The van der Waals surface area contributed by atoms with Gasteiger partial charge in [-0.3, -0.25) is 24.3 Å². The van der Waals surface area contributed by atoms with E-state index >= 15 is 0 Å². The molecule has 0 aromatic heterocycles. The Morgan fingerprint density at radius 3 is 2.39 bits per heavy atom. The van der Waals surface area contributed by atoms with Crippen LogP contribution in [0.15, 0.2) is 35.4 Å². The van der Waals surface area contributed by atoms with Gasteiger partial charge in [0.25, 0.3) is 5.91 Å². The minimum absolute atomic E-state index is 0.00707. The molecule has 1 atom stereocenters. The molecule has 0 radical (unpaired) electrons. The minimum Gasteiger partial charge on any atom is -0.342 e. The number of carbonyl (C=O) groups is 3. The lowest BCUT2D eigenvalue weighted by atomic mass is 10.1. The highest BCUT2D eigenvalue weighted by atomic mass is 16.2. The highest BCUT2D eigenvalue weighted by molar-refractivity contribution is 6.40. The van der Waals surface area contributed by atoms with E-state index in [9.17, 15) is 14.4 Å². The van der Waals surface area contributed by atoms with Gasteiger partial charge in [-0.05, 0) is 39.3 Å². The second kappa shape index (κ2) is 10.5. The number of Topliss-reactive ketones (excluding diaryl/α,β-unsaturated/α-hetero) is 1. The molecule has 1 saturated heterocycles. The summed E-state index contributed by atoms with van der Waals surface area (Å²) < 4.78 is 0. The fourth-order valence-corrected chi connectivity index (χ4v) is 4.16. The van der Waals surface area contributed by atoms with E-state index in [1.807, 2.05) is 54.0 Å². The van der Waals surface area contributed by atoms with Crippen molar-refractivity contribution in [1.29, 1.82) is 0 Å². The van der Waals surface area contributed by atoms with Crippen LogP contribution in [0, 0.1) is 0 Å². The van der Waals surface area contributed by atoms with E-state index in [1.54, 1.807) is 11.9 Å². The molecule has 2 aliphatic heterocycles. The van der Waals surface area contributed by atoms with Crippen molar-refractivity contribution < 1.29 is 14.4 Å². The third kappa shape index (κ3) is 5.50. The molecule has 1 aromatic rings. The van der Waals surface area contributed by atoms with Crippen LogP contribution in [-0.4, -0.2) is 89.9 Å². The molecule has 168 valence electrons. The topological polar surface area (TPSA) is 76.5 Å². The summed E-state index contributed by atoms with van der Waals surface area (Å²) in [7, 11) is 0. The summed E-state index contributed by atoms with van der Waals surface area (Å²) in [4.78, 5) is 43.6. The third-order valence-electron chi connectivity index (χ3n) is 6.00. The van der Waals surface area contributed by atoms with Crippen molar-refractivity contribution >= 4 is 29.0 Å². The SMILES string of the molecule is CCN(CC)C(=O)CN1CCCN(C(=O)C2=NN(c3ccccc3)C(C(C)=O)C2)CC1. The van der Waals surface area contributed by atoms with E-state index in [0.29, 0.717) is 51.4 Å². The van der Waals surface area contributed by atoms with E-state index in [2.05, 4.69) is 10.0 Å². The van der Waals surface area contributed by atoms with E-state index < -0.39 is 6.04 Å². The maximum atomic E-state index is 13.2. The molecular weight excluding hydrogens is 394 g/mol. The largest absolute Gasteiger partial charge is 0.342 e. The van der Waals surface area contributed by atoms with E-state index in [-0.39, 0.29) is 17.6 Å². The number of carbonyl (C=O) groups excluding carboxylic acids is 3. The smallest absolute Gasteiger partial charge is 0.270 e. The lowest BCUT2D eigenvalue weighted by molar-refractivity contribution is -0.132. The fraction of sp³-hybridized carbons (Fsp3) is 0.565. The molecule has 1 aromatic carbocycles. The quantitative estimate of drug-likeness (QED) is 0.661. The molecule has 2 heterocycles. The van der Waals surface area contributed by atoms with Crippen molar-refractivity contribution in [2.45, 2.75) is 39.7 Å². The molecule has 0 bridgehead atoms. The normalized spacial score (nSPS) is 19.7. The Bertz CT molecular complexity index is 822. The molecule has 8 nitrogen and oxygen atoms in total. The molecule has 0 aliphatic carbocycles. The molecule has 3 rings (SSSR count). The van der Waals surface area contributed by atoms with Crippen LogP contribution in [-0.2, 0) is 14.4 Å². The van der Waals surface area contributed by atoms with Crippen LogP contribution >= 0.6 is 0 Å². The first-order valence-electron chi connectivity index (χ1n) is 11.2. The standard InChI is InChI=1S/C23H33N5O3/c1-4-26(5-2)22(30)17-25-12-9-13-27(15-14-25)23(31)20-16-21(18(3)29)28(24-20)19-10-7-6-8-11-19/h6-8,10-11,21H,4-5,9,12-17H2,1-3H3. The van der Waals surface area contributed by atoms with Crippen molar-refractivity contribution in [1.82, 2.24) is 14.7 Å². The van der Waals surface area contributed by atoms with Gasteiger partial charge in [-0.2, -0.15) is 5.10 Å². The van der Waals surface area contributed by atoms with Gasteiger partial charge in [0.15, 0.2) is 5.78 Å². The van der Waals surface area contributed by atoms with E-state index in [1.165, 1.54) is 0 Å². The minimum atomic E-state index is -0.448. The highest BCUT2D eigenvalue weighted by Gasteiger charge is 2.36. The molecule has 0 N–H and O–H groups in total. The number of rotatable bonds is 7. The number of ketones is 1. The lowest BCUT2D eigenvalue weighted by Gasteiger charge is -2.25. The highest BCUT2D eigenvalue weighted by Crippen LogP contribution is 2.25. The molecule has 2 amide bonds. The second-order valence-corrected chi connectivity index (χ2v) is 8.05. The number of para-hydroxylation sites is 1. The van der Waals surface area contributed by atoms with E-state index in [0.717, 1.165) is 18.7 Å². The van der Waals surface area contributed by atoms with Crippen molar-refractivity contribution in [3.8, 4) is 0 Å². The predicted octanol–water partition coefficient (Wildman–Crippen LogP) is 1.61. The van der Waals surface area contributed by atoms with Crippen molar-refractivity contribution in [3.05, 3.63) is 30.3 Å². The average molecular weight is 428 g/mol. The Morgan fingerprint density at radius 1 is 1.03 bits per heavy atom. The van der Waals surface area contributed by atoms with Gasteiger partial charge in [-0.25, -0.2) is 0 Å². The Kier molecular flexibility index (Phi) is 7.79. The number of likely N-dealkylation sites (N-methyl/N-ethyl adjacent to an activating group) is 1. The predicted molar refractivity (Wildman–Crippen MR) is 121 cm³/mol. The van der Waals surface area contributed by atoms with Crippen LogP contribution in [0.25, 0.3) is 0 Å². The van der Waals surface area contributed by atoms with Crippen LogP contribution < -0.4 is 5.01 Å². The maximum Gasteiger partial charge on any atom is 0.270 e. The number of hydrazone groups is 1. The Morgan fingerprint density at radius 2 is 1.74 bits per heavy atom. The van der Waals surface area contributed by atoms with Crippen molar-refractivity contribution in [2.24, 2.45) is 5.10 Å². The molecule has 2 aliphatic rings. The Hall–Kier alpha value is -2.74. The maximum absolute atomic E-state index is 13.2. The summed E-state index contributed by atoms with van der Waals surface area (Å²) in [6.45, 7) is 9.95. The summed E-state index contributed by atoms with van der Waals surface area (Å²) in [5.74, 6) is 0.0155. The number of hydrogen-bond donors (Lipinski definition) is 0. The van der Waals surface area contributed by atoms with E-state index in [4.69, 9.17) is 0 Å². The third-order valence-corrected chi connectivity index (χ3v) is 6.00. The van der Waals surface area contributed by atoms with Gasteiger partial charge in [-0.15, -0.1) is 0 Å². The van der Waals surface area contributed by atoms with Gasteiger partial charge in [0.2, 0.25) is 5.91 Å². The zero-order chi connectivity index (χ0) is 22.4. The van der Waals surface area contributed by atoms with Crippen molar-refractivity contribution in [3.63, 3.8) is 0 Å². The molecule has 1 unspecified atom stereocenters. The number of hydrogen-bond acceptors (Lipinski definition) is 6. The number of benzene rings is 1. The molecule has 0 saturated carbocycles. The van der Waals surface area contributed by atoms with Crippen LogP contribution in [0.5, 0.6) is 0 Å². The first-order valence-corrected chi connectivity index (χ1v) is 11.2. The van der Waals surface area contributed by atoms with Crippen molar-refractivity contribution in [2.75, 3.05) is 50.8 Å². The van der Waals surface area contributed by atoms with Crippen LogP contribution in [0.3, 0.4) is 0 Å². The summed E-state index contributed by atoms with van der Waals surface area (Å²) in [6, 6.07) is 9.03. The number of amides is 2. The van der Waals surface area contributed by atoms with Gasteiger partial charge < -0.3 is 9.80 Å². The molecule has 31 heavy (non-hydrogen) atoms. The Balaban J connectivity index is 1.65. The Labute approximate surface area is 184 Å². The summed E-state index contributed by atoms with van der Waals surface area (Å²) >= 11 is 0. The van der Waals surface area contributed by atoms with Gasteiger partial charge >= 0.3 is 0 Å². The first-order chi connectivity index (χ1) is 14.9. The summed E-state index contributed by atoms with van der Waals surface area (Å²) in [5.41, 5.74) is 1.24. The van der Waals surface area contributed by atoms with Crippen LogP contribution in [0.1, 0.15) is 33.6 Å². The first kappa shape index (κ1) is 22.9. The van der Waals surface area contributed by atoms with Crippen LogP contribution in [0.4, 0.5) is 5.69 Å².